The van der Waals surface area contributed by atoms with E-state index in [0.717, 1.165) is 36.1 Å². The fourth-order valence-electron chi connectivity index (χ4n) is 2.38. The molecule has 8 nitrogen and oxygen atoms in total. The molecule has 0 radical (unpaired) electrons. The number of aromatic nitrogens is 6. The van der Waals surface area contributed by atoms with E-state index >= 15 is 0 Å². The highest BCUT2D eigenvalue weighted by molar-refractivity contribution is 5.58. The summed E-state index contributed by atoms with van der Waals surface area (Å²) in [5.41, 5.74) is 2.01. The van der Waals surface area contributed by atoms with Gasteiger partial charge in [-0.25, -0.2) is 0 Å². The first-order chi connectivity index (χ1) is 11.2. The van der Waals surface area contributed by atoms with Crippen LogP contribution in [0.5, 0.6) is 5.75 Å². The largest absolute Gasteiger partial charge is 0.496 e. The molecular weight excluding hydrogens is 296 g/mol. The molecule has 8 heteroatoms. The molecule has 0 saturated carbocycles. The van der Waals surface area contributed by atoms with Crippen molar-refractivity contribution in [1.82, 2.24) is 30.4 Å². The average molecular weight is 314 g/mol. The molecule has 0 spiro atoms. The van der Waals surface area contributed by atoms with Gasteiger partial charge in [-0.2, -0.15) is 4.80 Å². The van der Waals surface area contributed by atoms with Crippen molar-refractivity contribution in [2.24, 2.45) is 7.05 Å². The molecule has 3 aromatic rings. The standard InChI is InChI=1S/C15H18N6O2/c1-10-16-17-14(23-10)6-4-5-11-9-12(7-8-13(11)22-3)15-18-20-21(2)19-15/h7-9H,4-6H2,1-3H3. The lowest BCUT2D eigenvalue weighted by atomic mass is 10.0. The number of tetrazole rings is 1. The van der Waals surface area contributed by atoms with E-state index in [1.54, 1.807) is 21.1 Å². The van der Waals surface area contributed by atoms with Gasteiger partial charge < -0.3 is 9.15 Å². The highest BCUT2D eigenvalue weighted by Gasteiger charge is 2.10. The van der Waals surface area contributed by atoms with E-state index in [2.05, 4.69) is 25.6 Å². The molecule has 2 heterocycles. The third kappa shape index (κ3) is 3.53. The first kappa shape index (κ1) is 15.1. The van der Waals surface area contributed by atoms with Crippen LogP contribution >= 0.6 is 0 Å². The van der Waals surface area contributed by atoms with Gasteiger partial charge in [-0.1, -0.05) is 0 Å². The lowest BCUT2D eigenvalue weighted by Crippen LogP contribution is -1.96. The van der Waals surface area contributed by atoms with Crippen LogP contribution in [0.2, 0.25) is 0 Å². The first-order valence-corrected chi connectivity index (χ1v) is 7.36. The van der Waals surface area contributed by atoms with Gasteiger partial charge in [0, 0.05) is 18.9 Å². The third-order valence-electron chi connectivity index (χ3n) is 3.45. The van der Waals surface area contributed by atoms with Crippen LogP contribution in [0.3, 0.4) is 0 Å². The Balaban J connectivity index is 1.74. The lowest BCUT2D eigenvalue weighted by molar-refractivity contribution is 0.408. The second-order valence-electron chi connectivity index (χ2n) is 5.20. The molecule has 120 valence electrons. The molecule has 0 unspecified atom stereocenters. The minimum Gasteiger partial charge on any atom is -0.496 e. The molecule has 2 aromatic heterocycles. The normalized spacial score (nSPS) is 10.9. The van der Waals surface area contributed by atoms with E-state index in [0.29, 0.717) is 17.6 Å². The Hall–Kier alpha value is -2.77. The van der Waals surface area contributed by atoms with Gasteiger partial charge in [0.15, 0.2) is 0 Å². The Morgan fingerprint density at radius 2 is 2.04 bits per heavy atom. The Kier molecular flexibility index (Phi) is 4.31. The molecule has 0 atom stereocenters. The van der Waals surface area contributed by atoms with Crippen LogP contribution in [0.25, 0.3) is 11.4 Å². The number of hydrogen-bond acceptors (Lipinski definition) is 7. The van der Waals surface area contributed by atoms with Crippen molar-refractivity contribution in [3.05, 3.63) is 35.5 Å². The number of nitrogens with zero attached hydrogens (tertiary/aromatic N) is 6. The monoisotopic (exact) mass is 314 g/mol. The van der Waals surface area contributed by atoms with E-state index < -0.39 is 0 Å². The van der Waals surface area contributed by atoms with Crippen molar-refractivity contribution >= 4 is 0 Å². The Morgan fingerprint density at radius 3 is 2.70 bits per heavy atom. The zero-order chi connectivity index (χ0) is 16.2. The molecular formula is C15H18N6O2. The highest BCUT2D eigenvalue weighted by atomic mass is 16.5. The van der Waals surface area contributed by atoms with Gasteiger partial charge in [0.1, 0.15) is 5.75 Å². The summed E-state index contributed by atoms with van der Waals surface area (Å²) in [7, 11) is 3.41. The summed E-state index contributed by atoms with van der Waals surface area (Å²) in [6, 6.07) is 5.90. The zero-order valence-corrected chi connectivity index (χ0v) is 13.4. The molecule has 0 N–H and O–H groups in total. The summed E-state index contributed by atoms with van der Waals surface area (Å²) in [6.45, 7) is 1.79. The van der Waals surface area contributed by atoms with Crippen LogP contribution < -0.4 is 4.74 Å². The maximum atomic E-state index is 5.44. The van der Waals surface area contributed by atoms with E-state index in [1.807, 2.05) is 18.2 Å². The summed E-state index contributed by atoms with van der Waals surface area (Å²) in [5, 5.41) is 20.0. The lowest BCUT2D eigenvalue weighted by Gasteiger charge is -2.09. The zero-order valence-electron chi connectivity index (χ0n) is 13.4. The molecule has 3 rings (SSSR count). The Labute approximate surface area is 133 Å². The average Bonchev–Trinajstić information content (AvgIpc) is 3.16. The predicted molar refractivity (Wildman–Crippen MR) is 81.8 cm³/mol. The highest BCUT2D eigenvalue weighted by Crippen LogP contribution is 2.26. The van der Waals surface area contributed by atoms with Crippen molar-refractivity contribution in [2.45, 2.75) is 26.2 Å². The summed E-state index contributed by atoms with van der Waals surface area (Å²) < 4.78 is 10.8. The van der Waals surface area contributed by atoms with Crippen molar-refractivity contribution in [3.63, 3.8) is 0 Å². The van der Waals surface area contributed by atoms with Crippen LogP contribution in [0.15, 0.2) is 22.6 Å². The van der Waals surface area contributed by atoms with Crippen LogP contribution in [0, 0.1) is 6.92 Å². The van der Waals surface area contributed by atoms with Gasteiger partial charge in [0.2, 0.25) is 17.6 Å². The van der Waals surface area contributed by atoms with Gasteiger partial charge in [-0.15, -0.1) is 20.4 Å². The van der Waals surface area contributed by atoms with Gasteiger partial charge in [0.05, 0.1) is 14.2 Å². The summed E-state index contributed by atoms with van der Waals surface area (Å²) in [6.07, 6.45) is 2.45. The molecule has 0 bridgehead atoms. The van der Waals surface area contributed by atoms with E-state index in [-0.39, 0.29) is 0 Å². The van der Waals surface area contributed by atoms with E-state index in [1.165, 1.54) is 4.80 Å². The maximum absolute atomic E-state index is 5.44. The van der Waals surface area contributed by atoms with Crippen LogP contribution in [-0.4, -0.2) is 37.5 Å². The number of benzene rings is 1. The van der Waals surface area contributed by atoms with Crippen molar-refractivity contribution < 1.29 is 9.15 Å². The second-order valence-corrected chi connectivity index (χ2v) is 5.20. The fourth-order valence-corrected chi connectivity index (χ4v) is 2.38. The number of ether oxygens (including phenoxy) is 1. The minimum absolute atomic E-state index is 0.591. The van der Waals surface area contributed by atoms with Gasteiger partial charge in [-0.05, 0) is 41.8 Å². The number of rotatable bonds is 6. The summed E-state index contributed by atoms with van der Waals surface area (Å²) >= 11 is 0. The number of methoxy groups -OCH3 is 1. The predicted octanol–water partition coefficient (Wildman–Crippen LogP) is 1.75. The first-order valence-electron chi connectivity index (χ1n) is 7.36. The van der Waals surface area contributed by atoms with Crippen molar-refractivity contribution in [3.8, 4) is 17.1 Å². The Morgan fingerprint density at radius 1 is 1.17 bits per heavy atom. The molecule has 0 aliphatic carbocycles. The van der Waals surface area contributed by atoms with Gasteiger partial charge >= 0.3 is 0 Å². The molecule has 0 aliphatic heterocycles. The molecule has 23 heavy (non-hydrogen) atoms. The third-order valence-corrected chi connectivity index (χ3v) is 3.45. The second kappa shape index (κ2) is 6.55. The number of aryl methyl sites for hydroxylation is 4. The Bertz CT molecular complexity index is 795. The van der Waals surface area contributed by atoms with E-state index in [9.17, 15) is 0 Å². The maximum Gasteiger partial charge on any atom is 0.216 e. The fraction of sp³-hybridized carbons (Fsp3) is 0.400. The van der Waals surface area contributed by atoms with Crippen LogP contribution in [0.1, 0.15) is 23.8 Å². The molecule has 0 aliphatic rings. The van der Waals surface area contributed by atoms with Crippen molar-refractivity contribution in [2.75, 3.05) is 7.11 Å². The molecule has 0 amide bonds. The minimum atomic E-state index is 0.591. The van der Waals surface area contributed by atoms with Gasteiger partial charge in [0.25, 0.3) is 0 Å². The molecule has 0 saturated heterocycles. The van der Waals surface area contributed by atoms with Crippen LogP contribution in [-0.2, 0) is 19.9 Å². The summed E-state index contributed by atoms with van der Waals surface area (Å²) in [4.78, 5) is 1.44. The van der Waals surface area contributed by atoms with Crippen molar-refractivity contribution in [1.29, 1.82) is 0 Å². The van der Waals surface area contributed by atoms with Gasteiger partial charge in [-0.3, -0.25) is 0 Å². The van der Waals surface area contributed by atoms with Crippen LogP contribution in [0.4, 0.5) is 0 Å². The topological polar surface area (TPSA) is 91.8 Å². The van der Waals surface area contributed by atoms with E-state index in [4.69, 9.17) is 9.15 Å². The number of hydrogen-bond donors (Lipinski definition) is 0. The quantitative estimate of drug-likeness (QED) is 0.684. The smallest absolute Gasteiger partial charge is 0.216 e. The molecule has 1 aromatic carbocycles. The SMILES string of the molecule is COc1ccc(-c2nnn(C)n2)cc1CCCc1nnc(C)o1. The summed E-state index contributed by atoms with van der Waals surface area (Å²) in [5.74, 6) is 2.70. The molecule has 0 fully saturated rings.